The van der Waals surface area contributed by atoms with Gasteiger partial charge < -0.3 is 4.74 Å². The van der Waals surface area contributed by atoms with Gasteiger partial charge in [-0.2, -0.15) is 0 Å². The second-order valence-electron chi connectivity index (χ2n) is 4.38. The number of hydrogen-bond acceptors (Lipinski definition) is 5. The van der Waals surface area contributed by atoms with Gasteiger partial charge in [0, 0.05) is 5.75 Å². The van der Waals surface area contributed by atoms with Crippen LogP contribution in [0.5, 0.6) is 0 Å². The third-order valence-corrected chi connectivity index (χ3v) is 5.22. The lowest BCUT2D eigenvalue weighted by molar-refractivity contribution is 0.0606. The highest BCUT2D eigenvalue weighted by Gasteiger charge is 2.17. The molecule has 0 bridgehead atoms. The van der Waals surface area contributed by atoms with Crippen molar-refractivity contribution in [1.29, 1.82) is 0 Å². The highest BCUT2D eigenvalue weighted by atomic mass is 35.5. The maximum absolute atomic E-state index is 11.5. The summed E-state index contributed by atoms with van der Waals surface area (Å²) in [6.07, 6.45) is 0. The number of methoxy groups -OCH3 is 1. The van der Waals surface area contributed by atoms with Crippen LogP contribution >= 0.6 is 34.7 Å². The van der Waals surface area contributed by atoms with Crippen LogP contribution in [0.4, 0.5) is 0 Å². The van der Waals surface area contributed by atoms with E-state index in [1.807, 2.05) is 0 Å². The Kier molecular flexibility index (Phi) is 5.07. The number of aryl methyl sites for hydroxylation is 2. The summed E-state index contributed by atoms with van der Waals surface area (Å²) in [6, 6.07) is 6.44. The molecule has 1 aromatic heterocycles. The number of thiazole rings is 1. The third kappa shape index (κ3) is 3.75. The predicted molar refractivity (Wildman–Crippen MR) is 83.9 cm³/mol. The molecule has 106 valence electrons. The Morgan fingerprint density at radius 1 is 1.35 bits per heavy atom. The zero-order chi connectivity index (χ0) is 14.7. The molecule has 0 aliphatic carbocycles. The van der Waals surface area contributed by atoms with Crippen LogP contribution in [0.1, 0.15) is 26.4 Å². The number of ether oxygens (including phenoxy) is 1. The molecule has 1 aromatic carbocycles. The molecular formula is C14H14ClNO2S2. The Balaban J connectivity index is 2.09. The van der Waals surface area contributed by atoms with E-state index >= 15 is 0 Å². The van der Waals surface area contributed by atoms with Crippen molar-refractivity contribution < 1.29 is 9.53 Å². The van der Waals surface area contributed by atoms with E-state index in [2.05, 4.69) is 41.8 Å². The van der Waals surface area contributed by atoms with Gasteiger partial charge in [0.25, 0.3) is 0 Å². The molecule has 0 N–H and O–H groups in total. The normalized spacial score (nSPS) is 10.6. The van der Waals surface area contributed by atoms with Gasteiger partial charge in [0.1, 0.15) is 0 Å². The molecule has 0 unspecified atom stereocenters. The van der Waals surface area contributed by atoms with Gasteiger partial charge in [-0.15, -0.1) is 0 Å². The van der Waals surface area contributed by atoms with Crippen LogP contribution < -0.4 is 0 Å². The molecule has 20 heavy (non-hydrogen) atoms. The fourth-order valence-electron chi connectivity index (χ4n) is 1.86. The summed E-state index contributed by atoms with van der Waals surface area (Å²) >= 11 is 8.77. The second kappa shape index (κ2) is 6.61. The number of benzene rings is 1. The third-order valence-electron chi connectivity index (χ3n) is 2.58. The van der Waals surface area contributed by atoms with E-state index in [9.17, 15) is 4.79 Å². The molecule has 2 aromatic rings. The van der Waals surface area contributed by atoms with Crippen molar-refractivity contribution in [1.82, 2.24) is 4.98 Å². The minimum absolute atomic E-state index is 0.213. The van der Waals surface area contributed by atoms with E-state index in [0.29, 0.717) is 4.88 Å². The summed E-state index contributed by atoms with van der Waals surface area (Å²) in [5.74, 6) is 0.359. The smallest absolute Gasteiger partial charge is 0.351 e. The Labute approximate surface area is 131 Å². The van der Waals surface area contributed by atoms with Crippen LogP contribution in [0.25, 0.3) is 0 Å². The predicted octanol–water partition coefficient (Wildman–Crippen LogP) is 4.49. The topological polar surface area (TPSA) is 39.2 Å². The average Bonchev–Trinajstić information content (AvgIpc) is 2.76. The zero-order valence-corrected chi connectivity index (χ0v) is 13.8. The summed E-state index contributed by atoms with van der Waals surface area (Å²) in [5.41, 5.74) is 3.72. The molecule has 0 saturated heterocycles. The maximum Gasteiger partial charge on any atom is 0.351 e. The number of hydrogen-bond donors (Lipinski definition) is 0. The standard InChI is InChI=1S/C14H14ClNO2S2/c1-8-4-9(2)6-10(5-8)7-19-14-16-12(15)11(20-14)13(17)18-3/h4-6H,7H2,1-3H3. The lowest BCUT2D eigenvalue weighted by Gasteiger charge is -2.03. The molecule has 3 nitrogen and oxygen atoms in total. The highest BCUT2D eigenvalue weighted by Crippen LogP contribution is 2.32. The number of carbonyl (C=O) groups is 1. The van der Waals surface area contributed by atoms with Crippen LogP contribution in [0.2, 0.25) is 5.15 Å². The summed E-state index contributed by atoms with van der Waals surface area (Å²) in [5, 5.41) is 0.213. The number of carbonyl (C=O) groups excluding carboxylic acids is 1. The van der Waals surface area contributed by atoms with Crippen LogP contribution in [0, 0.1) is 13.8 Å². The molecule has 0 fully saturated rings. The van der Waals surface area contributed by atoms with Gasteiger partial charge in [0.05, 0.1) is 7.11 Å². The van der Waals surface area contributed by atoms with Crippen molar-refractivity contribution in [3.8, 4) is 0 Å². The fraction of sp³-hybridized carbons (Fsp3) is 0.286. The maximum atomic E-state index is 11.5. The number of esters is 1. The van der Waals surface area contributed by atoms with Gasteiger partial charge >= 0.3 is 5.97 Å². The van der Waals surface area contributed by atoms with Crippen molar-refractivity contribution in [2.75, 3.05) is 7.11 Å². The molecule has 0 atom stereocenters. The first-order valence-electron chi connectivity index (χ1n) is 5.94. The highest BCUT2D eigenvalue weighted by molar-refractivity contribution is 8.00. The van der Waals surface area contributed by atoms with Crippen molar-refractivity contribution >= 4 is 40.7 Å². The van der Waals surface area contributed by atoms with E-state index < -0.39 is 5.97 Å². The van der Waals surface area contributed by atoms with Gasteiger partial charge in [-0.3, -0.25) is 0 Å². The van der Waals surface area contributed by atoms with Gasteiger partial charge in [0.2, 0.25) is 0 Å². The second-order valence-corrected chi connectivity index (χ2v) is 6.96. The van der Waals surface area contributed by atoms with Gasteiger partial charge in [-0.05, 0) is 19.4 Å². The molecule has 0 aliphatic heterocycles. The van der Waals surface area contributed by atoms with Crippen molar-refractivity contribution in [2.45, 2.75) is 23.9 Å². The molecule has 6 heteroatoms. The van der Waals surface area contributed by atoms with Crippen LogP contribution in [-0.4, -0.2) is 18.1 Å². The molecular weight excluding hydrogens is 314 g/mol. The summed E-state index contributed by atoms with van der Waals surface area (Å²) in [4.78, 5) is 16.0. The van der Waals surface area contributed by atoms with E-state index in [0.717, 1.165) is 10.1 Å². The molecule has 0 saturated carbocycles. The van der Waals surface area contributed by atoms with Gasteiger partial charge in [-0.25, -0.2) is 9.78 Å². The zero-order valence-electron chi connectivity index (χ0n) is 11.4. The number of thioether (sulfide) groups is 1. The summed E-state index contributed by atoms with van der Waals surface area (Å²) < 4.78 is 5.44. The first-order valence-corrected chi connectivity index (χ1v) is 8.12. The Bertz CT molecular complexity index is 620. The minimum atomic E-state index is -0.439. The van der Waals surface area contributed by atoms with E-state index in [-0.39, 0.29) is 5.15 Å². The van der Waals surface area contributed by atoms with E-state index in [1.165, 1.54) is 35.1 Å². The van der Waals surface area contributed by atoms with E-state index in [4.69, 9.17) is 11.6 Å². The number of aromatic nitrogens is 1. The molecule has 1 heterocycles. The lowest BCUT2D eigenvalue weighted by Crippen LogP contribution is -1.98. The largest absolute Gasteiger partial charge is 0.465 e. The van der Waals surface area contributed by atoms with Crippen LogP contribution in [0.15, 0.2) is 22.5 Å². The average molecular weight is 328 g/mol. The Morgan fingerprint density at radius 2 is 2.00 bits per heavy atom. The molecule has 0 aliphatic rings. The number of nitrogens with zero attached hydrogens (tertiary/aromatic N) is 1. The van der Waals surface area contributed by atoms with Crippen molar-refractivity contribution in [3.63, 3.8) is 0 Å². The Morgan fingerprint density at radius 3 is 2.60 bits per heavy atom. The molecule has 0 radical (unpaired) electrons. The monoisotopic (exact) mass is 327 g/mol. The minimum Gasteiger partial charge on any atom is -0.465 e. The van der Waals surface area contributed by atoms with Crippen molar-refractivity contribution in [2.24, 2.45) is 0 Å². The number of halogens is 1. The first-order chi connectivity index (χ1) is 9.49. The quantitative estimate of drug-likeness (QED) is 0.612. The summed E-state index contributed by atoms with van der Waals surface area (Å²) in [6.45, 7) is 4.16. The van der Waals surface area contributed by atoms with Gasteiger partial charge in [0.15, 0.2) is 14.4 Å². The van der Waals surface area contributed by atoms with E-state index in [1.54, 1.807) is 11.8 Å². The fourth-order valence-corrected chi connectivity index (χ4v) is 4.12. The lowest BCUT2D eigenvalue weighted by atomic mass is 10.1. The van der Waals surface area contributed by atoms with Gasteiger partial charge in [-0.1, -0.05) is 64.0 Å². The first kappa shape index (κ1) is 15.4. The molecule has 2 rings (SSSR count). The van der Waals surface area contributed by atoms with Crippen molar-refractivity contribution in [3.05, 3.63) is 44.9 Å². The molecule has 0 amide bonds. The Hall–Kier alpha value is -1.04. The summed E-state index contributed by atoms with van der Waals surface area (Å²) in [7, 11) is 1.33. The number of rotatable bonds is 4. The van der Waals surface area contributed by atoms with Crippen LogP contribution in [-0.2, 0) is 10.5 Å². The molecule has 0 spiro atoms. The van der Waals surface area contributed by atoms with Crippen LogP contribution in [0.3, 0.4) is 0 Å². The SMILES string of the molecule is COC(=O)c1sc(SCc2cc(C)cc(C)c2)nc1Cl.